The van der Waals surface area contributed by atoms with E-state index in [0.29, 0.717) is 17.7 Å². The Morgan fingerprint density at radius 1 is 1.18 bits per heavy atom. The van der Waals surface area contributed by atoms with E-state index in [9.17, 15) is 9.18 Å². The number of nitrogens with zero attached hydrogens (tertiary/aromatic N) is 1. The predicted octanol–water partition coefficient (Wildman–Crippen LogP) is 4.49. The number of hydrogen-bond donors (Lipinski definition) is 1. The Balaban J connectivity index is 1.39. The Morgan fingerprint density at radius 3 is 2.64 bits per heavy atom. The average molecular weight is 382 g/mol. The van der Waals surface area contributed by atoms with Gasteiger partial charge in [-0.25, -0.2) is 4.39 Å². The third-order valence-corrected chi connectivity index (χ3v) is 6.13. The zero-order valence-electron chi connectivity index (χ0n) is 16.5. The van der Waals surface area contributed by atoms with Gasteiger partial charge in [0.1, 0.15) is 11.6 Å². The van der Waals surface area contributed by atoms with Gasteiger partial charge in [0, 0.05) is 6.04 Å². The van der Waals surface area contributed by atoms with Gasteiger partial charge in [0.05, 0.1) is 18.8 Å². The summed E-state index contributed by atoms with van der Waals surface area (Å²) in [6.45, 7) is 2.96. The number of ether oxygens (including phenoxy) is 1. The number of hydrogen-bond acceptors (Lipinski definition) is 3. The van der Waals surface area contributed by atoms with E-state index in [4.69, 9.17) is 4.74 Å². The molecule has 1 saturated heterocycles. The minimum Gasteiger partial charge on any atom is -0.495 e. The third kappa shape index (κ3) is 3.76. The molecule has 28 heavy (non-hydrogen) atoms. The highest BCUT2D eigenvalue weighted by Crippen LogP contribution is 2.42. The van der Waals surface area contributed by atoms with Crippen molar-refractivity contribution in [3.63, 3.8) is 0 Å². The fourth-order valence-corrected chi connectivity index (χ4v) is 4.51. The standard InChI is InChI=1S/C23H27FN2O2/c1-15-5-10-22(28-2)20(12-15)25-23(27)21-4-3-11-26(21)19-13-17(14-19)16-6-8-18(24)9-7-16/h5-10,12,17,19,21H,3-4,11,13-14H2,1-2H3,(H,25,27)/t17?,19?,21-/m1/s1. The Morgan fingerprint density at radius 2 is 1.93 bits per heavy atom. The molecule has 1 aliphatic carbocycles. The summed E-state index contributed by atoms with van der Waals surface area (Å²) in [4.78, 5) is 15.3. The second kappa shape index (κ2) is 7.92. The Bertz CT molecular complexity index is 846. The van der Waals surface area contributed by atoms with E-state index in [1.807, 2.05) is 37.3 Å². The van der Waals surface area contributed by atoms with E-state index in [1.54, 1.807) is 7.11 Å². The van der Waals surface area contributed by atoms with Crippen molar-refractivity contribution in [2.45, 2.75) is 50.6 Å². The van der Waals surface area contributed by atoms with Gasteiger partial charge in [-0.3, -0.25) is 9.69 Å². The predicted molar refractivity (Wildman–Crippen MR) is 108 cm³/mol. The van der Waals surface area contributed by atoms with E-state index in [0.717, 1.165) is 43.5 Å². The molecule has 0 radical (unpaired) electrons. The van der Waals surface area contributed by atoms with Gasteiger partial charge in [-0.1, -0.05) is 18.2 Å². The fraction of sp³-hybridized carbons (Fsp3) is 0.435. The SMILES string of the molecule is COc1ccc(C)cc1NC(=O)[C@H]1CCCN1C1CC(c2ccc(F)cc2)C1. The highest BCUT2D eigenvalue weighted by molar-refractivity contribution is 5.96. The number of likely N-dealkylation sites (tertiary alicyclic amines) is 1. The molecule has 1 heterocycles. The van der Waals surface area contributed by atoms with Crippen molar-refractivity contribution in [1.82, 2.24) is 4.90 Å². The van der Waals surface area contributed by atoms with E-state index >= 15 is 0 Å². The van der Waals surface area contributed by atoms with E-state index < -0.39 is 0 Å². The van der Waals surface area contributed by atoms with Gasteiger partial charge in [0.25, 0.3) is 0 Å². The maximum atomic E-state index is 13.1. The van der Waals surface area contributed by atoms with Crippen LogP contribution in [0.1, 0.15) is 42.7 Å². The molecule has 0 bridgehead atoms. The van der Waals surface area contributed by atoms with Crippen LogP contribution in [0.5, 0.6) is 5.75 Å². The van der Waals surface area contributed by atoms with Gasteiger partial charge >= 0.3 is 0 Å². The number of nitrogens with one attached hydrogen (secondary N) is 1. The molecule has 148 valence electrons. The van der Waals surface area contributed by atoms with Crippen molar-refractivity contribution >= 4 is 11.6 Å². The van der Waals surface area contributed by atoms with Crippen molar-refractivity contribution in [3.8, 4) is 5.75 Å². The maximum absolute atomic E-state index is 13.1. The molecule has 1 amide bonds. The van der Waals surface area contributed by atoms with Gasteiger partial charge in [-0.05, 0) is 80.5 Å². The van der Waals surface area contributed by atoms with Crippen molar-refractivity contribution in [3.05, 3.63) is 59.4 Å². The number of carbonyl (C=O) groups is 1. The quantitative estimate of drug-likeness (QED) is 0.828. The number of carbonyl (C=O) groups excluding carboxylic acids is 1. The molecular formula is C23H27FN2O2. The Hall–Kier alpha value is -2.40. The molecule has 2 fully saturated rings. The number of aryl methyl sites for hydroxylation is 1. The van der Waals surface area contributed by atoms with Crippen molar-refractivity contribution in [2.24, 2.45) is 0 Å². The molecule has 2 aromatic rings. The first-order chi connectivity index (χ1) is 13.5. The van der Waals surface area contributed by atoms with Gasteiger partial charge in [-0.2, -0.15) is 0 Å². The molecule has 1 saturated carbocycles. The average Bonchev–Trinajstić information content (AvgIpc) is 3.12. The van der Waals surface area contributed by atoms with Crippen LogP contribution in [0.15, 0.2) is 42.5 Å². The lowest BCUT2D eigenvalue weighted by Crippen LogP contribution is -2.50. The number of amides is 1. The summed E-state index contributed by atoms with van der Waals surface area (Å²) >= 11 is 0. The second-order valence-corrected chi connectivity index (χ2v) is 7.96. The first-order valence-electron chi connectivity index (χ1n) is 10.0. The summed E-state index contributed by atoms with van der Waals surface area (Å²) < 4.78 is 18.5. The summed E-state index contributed by atoms with van der Waals surface area (Å²) in [6, 6.07) is 13.0. The molecule has 1 aliphatic heterocycles. The van der Waals surface area contributed by atoms with Gasteiger partial charge in [0.2, 0.25) is 5.91 Å². The molecule has 4 nitrogen and oxygen atoms in total. The third-order valence-electron chi connectivity index (χ3n) is 6.13. The molecule has 0 unspecified atom stereocenters. The topological polar surface area (TPSA) is 41.6 Å². The largest absolute Gasteiger partial charge is 0.495 e. The maximum Gasteiger partial charge on any atom is 0.241 e. The van der Waals surface area contributed by atoms with E-state index in [1.165, 1.54) is 17.7 Å². The number of rotatable bonds is 5. The zero-order chi connectivity index (χ0) is 19.7. The minimum absolute atomic E-state index is 0.0478. The molecule has 5 heteroatoms. The Kier molecular flexibility index (Phi) is 5.36. The fourth-order valence-electron chi connectivity index (χ4n) is 4.51. The van der Waals surface area contributed by atoms with Crippen molar-refractivity contribution in [1.29, 1.82) is 0 Å². The highest BCUT2D eigenvalue weighted by atomic mass is 19.1. The minimum atomic E-state index is -0.192. The van der Waals surface area contributed by atoms with E-state index in [2.05, 4.69) is 10.2 Å². The Labute approximate surface area is 165 Å². The second-order valence-electron chi connectivity index (χ2n) is 7.96. The monoisotopic (exact) mass is 382 g/mol. The summed E-state index contributed by atoms with van der Waals surface area (Å²) in [5.74, 6) is 1.00. The lowest BCUT2D eigenvalue weighted by Gasteiger charge is -2.43. The highest BCUT2D eigenvalue weighted by Gasteiger charge is 2.41. The van der Waals surface area contributed by atoms with Crippen LogP contribution in [0.25, 0.3) is 0 Å². The van der Waals surface area contributed by atoms with Gasteiger partial charge < -0.3 is 10.1 Å². The van der Waals surface area contributed by atoms with Crippen LogP contribution >= 0.6 is 0 Å². The molecule has 0 spiro atoms. The van der Waals surface area contributed by atoms with Crippen LogP contribution in [-0.2, 0) is 4.79 Å². The number of benzene rings is 2. The van der Waals surface area contributed by atoms with Crippen LogP contribution in [0, 0.1) is 12.7 Å². The number of halogens is 1. The lowest BCUT2D eigenvalue weighted by atomic mass is 9.75. The van der Waals surface area contributed by atoms with Crippen LogP contribution in [0.3, 0.4) is 0 Å². The van der Waals surface area contributed by atoms with E-state index in [-0.39, 0.29) is 17.8 Å². The summed E-state index contributed by atoms with van der Waals surface area (Å²) in [6.07, 6.45) is 3.99. The molecule has 1 N–H and O–H groups in total. The summed E-state index contributed by atoms with van der Waals surface area (Å²) in [5.41, 5.74) is 3.01. The van der Waals surface area contributed by atoms with Crippen LogP contribution < -0.4 is 10.1 Å². The smallest absolute Gasteiger partial charge is 0.241 e. The normalized spacial score (nSPS) is 24.6. The van der Waals surface area contributed by atoms with Gasteiger partial charge in [0.15, 0.2) is 0 Å². The molecule has 2 aliphatic rings. The van der Waals surface area contributed by atoms with Crippen LogP contribution in [-0.4, -0.2) is 36.5 Å². The first kappa shape index (κ1) is 18.9. The van der Waals surface area contributed by atoms with Crippen molar-refractivity contribution in [2.75, 3.05) is 19.0 Å². The zero-order valence-corrected chi connectivity index (χ0v) is 16.5. The summed E-state index contributed by atoms with van der Waals surface area (Å²) in [7, 11) is 1.62. The lowest BCUT2D eigenvalue weighted by molar-refractivity contribution is -0.121. The van der Waals surface area contributed by atoms with Crippen LogP contribution in [0.4, 0.5) is 10.1 Å². The van der Waals surface area contributed by atoms with Crippen LogP contribution in [0.2, 0.25) is 0 Å². The molecule has 1 atom stereocenters. The molecule has 0 aromatic heterocycles. The first-order valence-corrected chi connectivity index (χ1v) is 10.0. The van der Waals surface area contributed by atoms with Gasteiger partial charge in [-0.15, -0.1) is 0 Å². The summed E-state index contributed by atoms with van der Waals surface area (Å²) in [5, 5.41) is 3.08. The molecule has 2 aromatic carbocycles. The number of anilines is 1. The number of methoxy groups -OCH3 is 1. The molecular weight excluding hydrogens is 355 g/mol. The van der Waals surface area contributed by atoms with Crippen molar-refractivity contribution < 1.29 is 13.9 Å². The molecule has 4 rings (SSSR count).